The van der Waals surface area contributed by atoms with Crippen molar-refractivity contribution >= 4 is 0 Å². The molecule has 0 aliphatic rings. The second-order valence-corrected chi connectivity index (χ2v) is 4.44. The molecule has 3 nitrogen and oxygen atoms in total. The molecule has 2 aromatic rings. The van der Waals surface area contributed by atoms with Gasteiger partial charge in [0.05, 0.1) is 23.7 Å². The summed E-state index contributed by atoms with van der Waals surface area (Å²) in [5.74, 6) is -0.732. The van der Waals surface area contributed by atoms with Gasteiger partial charge in [0.25, 0.3) is 0 Å². The van der Waals surface area contributed by atoms with Gasteiger partial charge in [-0.1, -0.05) is 0 Å². The maximum Gasteiger partial charge on any atom is 0.234 e. The maximum atomic E-state index is 13.4. The van der Waals surface area contributed by atoms with Crippen LogP contribution < -0.4 is 4.74 Å². The van der Waals surface area contributed by atoms with Crippen LogP contribution in [-0.4, -0.2) is 16.1 Å². The summed E-state index contributed by atoms with van der Waals surface area (Å²) < 4.78 is 32.2. The van der Waals surface area contributed by atoms with E-state index in [-0.39, 0.29) is 11.8 Å². The minimum atomic E-state index is -0.641. The molecule has 0 spiro atoms. The zero-order valence-corrected chi connectivity index (χ0v) is 10.9. The highest BCUT2D eigenvalue weighted by Gasteiger charge is 2.12. The van der Waals surface area contributed by atoms with Crippen molar-refractivity contribution in [3.63, 3.8) is 0 Å². The third-order valence-corrected chi connectivity index (χ3v) is 2.48. The quantitative estimate of drug-likeness (QED) is 0.850. The fourth-order valence-corrected chi connectivity index (χ4v) is 1.62. The lowest BCUT2D eigenvalue weighted by molar-refractivity contribution is 0.242. The number of ether oxygens (including phenoxy) is 1. The van der Waals surface area contributed by atoms with Gasteiger partial charge in [0.1, 0.15) is 11.6 Å². The Labute approximate surface area is 110 Å². The molecule has 0 saturated heterocycles. The molecule has 1 heterocycles. The summed E-state index contributed by atoms with van der Waals surface area (Å²) in [7, 11) is 0. The third kappa shape index (κ3) is 3.05. The van der Waals surface area contributed by atoms with E-state index < -0.39 is 11.8 Å². The third-order valence-electron chi connectivity index (χ3n) is 2.48. The minimum absolute atomic E-state index is 0.121. The van der Waals surface area contributed by atoms with E-state index in [0.29, 0.717) is 17.0 Å². The van der Waals surface area contributed by atoms with E-state index >= 15 is 0 Å². The lowest BCUT2D eigenvalue weighted by Crippen LogP contribution is -2.07. The van der Waals surface area contributed by atoms with Crippen LogP contribution in [0, 0.1) is 18.7 Å². The van der Waals surface area contributed by atoms with Gasteiger partial charge in [-0.15, -0.1) is 0 Å². The number of halogens is 2. The van der Waals surface area contributed by atoms with Crippen molar-refractivity contribution in [2.45, 2.75) is 26.9 Å². The average molecular weight is 264 g/mol. The van der Waals surface area contributed by atoms with Crippen LogP contribution in [0.25, 0.3) is 11.3 Å². The predicted molar refractivity (Wildman–Crippen MR) is 67.9 cm³/mol. The molecule has 100 valence electrons. The minimum Gasteiger partial charge on any atom is -0.490 e. The highest BCUT2D eigenvalue weighted by molar-refractivity contribution is 5.66. The highest BCUT2D eigenvalue weighted by atomic mass is 19.1. The SMILES string of the molecule is Cc1ncc(-c2ccc(F)cc2OC(C)C)nc1F. The van der Waals surface area contributed by atoms with Crippen LogP contribution in [0.1, 0.15) is 19.5 Å². The summed E-state index contributed by atoms with van der Waals surface area (Å²) in [6, 6.07) is 4.04. The summed E-state index contributed by atoms with van der Waals surface area (Å²) in [5, 5.41) is 0. The number of hydrogen-bond acceptors (Lipinski definition) is 3. The van der Waals surface area contributed by atoms with Crippen molar-refractivity contribution in [1.82, 2.24) is 9.97 Å². The van der Waals surface area contributed by atoms with Crippen LogP contribution in [0.3, 0.4) is 0 Å². The summed E-state index contributed by atoms with van der Waals surface area (Å²) in [6.45, 7) is 5.19. The Balaban J connectivity index is 2.51. The monoisotopic (exact) mass is 264 g/mol. The fraction of sp³-hybridized carbons (Fsp3) is 0.286. The van der Waals surface area contributed by atoms with Crippen molar-refractivity contribution in [3.05, 3.63) is 41.9 Å². The molecule has 0 unspecified atom stereocenters. The normalized spacial score (nSPS) is 10.8. The maximum absolute atomic E-state index is 13.4. The topological polar surface area (TPSA) is 35.0 Å². The second-order valence-electron chi connectivity index (χ2n) is 4.44. The smallest absolute Gasteiger partial charge is 0.234 e. The second kappa shape index (κ2) is 5.30. The van der Waals surface area contributed by atoms with Crippen molar-refractivity contribution in [1.29, 1.82) is 0 Å². The summed E-state index contributed by atoms with van der Waals surface area (Å²) >= 11 is 0. The zero-order chi connectivity index (χ0) is 14.0. The lowest BCUT2D eigenvalue weighted by atomic mass is 10.1. The molecule has 0 fully saturated rings. The molecule has 0 bridgehead atoms. The first-order valence-electron chi connectivity index (χ1n) is 5.93. The van der Waals surface area contributed by atoms with E-state index in [1.807, 2.05) is 13.8 Å². The first-order valence-corrected chi connectivity index (χ1v) is 5.93. The van der Waals surface area contributed by atoms with Crippen LogP contribution in [0.2, 0.25) is 0 Å². The van der Waals surface area contributed by atoms with Gasteiger partial charge in [-0.25, -0.2) is 9.37 Å². The van der Waals surface area contributed by atoms with Gasteiger partial charge in [0, 0.05) is 11.6 Å². The Bertz CT molecular complexity index is 600. The van der Waals surface area contributed by atoms with E-state index in [4.69, 9.17) is 4.74 Å². The molecular weight excluding hydrogens is 250 g/mol. The highest BCUT2D eigenvalue weighted by Crippen LogP contribution is 2.30. The Kier molecular flexibility index (Phi) is 3.74. The molecule has 0 aliphatic carbocycles. The lowest BCUT2D eigenvalue weighted by Gasteiger charge is -2.14. The van der Waals surface area contributed by atoms with Crippen molar-refractivity contribution in [2.75, 3.05) is 0 Å². The molecule has 1 aromatic heterocycles. The van der Waals surface area contributed by atoms with Gasteiger partial charge in [0.2, 0.25) is 5.95 Å². The van der Waals surface area contributed by atoms with E-state index in [2.05, 4.69) is 9.97 Å². The molecule has 0 atom stereocenters. The van der Waals surface area contributed by atoms with Gasteiger partial charge < -0.3 is 4.74 Å². The van der Waals surface area contributed by atoms with Gasteiger partial charge in [-0.3, -0.25) is 4.98 Å². The standard InChI is InChI=1S/C14H14F2N2O/c1-8(2)19-13-6-10(15)4-5-11(13)12-7-17-9(3)14(16)18-12/h4-8H,1-3H3. The van der Waals surface area contributed by atoms with Crippen molar-refractivity contribution < 1.29 is 13.5 Å². The van der Waals surface area contributed by atoms with Gasteiger partial charge in [-0.05, 0) is 32.9 Å². The summed E-state index contributed by atoms with van der Waals surface area (Å²) in [6.07, 6.45) is 1.32. The van der Waals surface area contributed by atoms with Crippen LogP contribution >= 0.6 is 0 Å². The molecule has 1 aromatic carbocycles. The molecule has 0 N–H and O–H groups in total. The molecule has 19 heavy (non-hydrogen) atoms. The number of hydrogen-bond donors (Lipinski definition) is 0. The first-order chi connectivity index (χ1) is 8.97. The van der Waals surface area contributed by atoms with E-state index in [1.165, 1.54) is 31.3 Å². The molecular formula is C14H14F2N2O. The number of aromatic nitrogens is 2. The molecule has 5 heteroatoms. The van der Waals surface area contributed by atoms with Crippen molar-refractivity contribution in [3.8, 4) is 17.0 Å². The number of aryl methyl sites for hydroxylation is 1. The average Bonchev–Trinajstić information content (AvgIpc) is 2.32. The summed E-state index contributed by atoms with van der Waals surface area (Å²) in [5.41, 5.74) is 1.05. The van der Waals surface area contributed by atoms with Crippen LogP contribution in [0.5, 0.6) is 5.75 Å². The molecule has 0 radical (unpaired) electrons. The Hall–Kier alpha value is -2.04. The Morgan fingerprint density at radius 3 is 2.58 bits per heavy atom. The van der Waals surface area contributed by atoms with Crippen LogP contribution in [0.15, 0.2) is 24.4 Å². The van der Waals surface area contributed by atoms with Crippen LogP contribution in [-0.2, 0) is 0 Å². The van der Waals surface area contributed by atoms with Crippen molar-refractivity contribution in [2.24, 2.45) is 0 Å². The van der Waals surface area contributed by atoms with E-state index in [9.17, 15) is 8.78 Å². The number of nitrogens with zero attached hydrogens (tertiary/aromatic N) is 2. The Morgan fingerprint density at radius 2 is 1.95 bits per heavy atom. The number of benzene rings is 1. The molecule has 0 amide bonds. The predicted octanol–water partition coefficient (Wildman–Crippen LogP) is 3.52. The van der Waals surface area contributed by atoms with Gasteiger partial charge in [-0.2, -0.15) is 4.39 Å². The van der Waals surface area contributed by atoms with Gasteiger partial charge in [0.15, 0.2) is 0 Å². The molecule has 0 aliphatic heterocycles. The molecule has 2 rings (SSSR count). The fourth-order valence-electron chi connectivity index (χ4n) is 1.62. The van der Waals surface area contributed by atoms with E-state index in [1.54, 1.807) is 0 Å². The largest absolute Gasteiger partial charge is 0.490 e. The first kappa shape index (κ1) is 13.4. The van der Waals surface area contributed by atoms with Crippen LogP contribution in [0.4, 0.5) is 8.78 Å². The number of rotatable bonds is 3. The molecule has 0 saturated carbocycles. The van der Waals surface area contributed by atoms with Gasteiger partial charge >= 0.3 is 0 Å². The summed E-state index contributed by atoms with van der Waals surface area (Å²) in [4.78, 5) is 7.72. The Morgan fingerprint density at radius 1 is 1.21 bits per heavy atom. The zero-order valence-electron chi connectivity index (χ0n) is 10.9. The van der Waals surface area contributed by atoms with E-state index in [0.717, 1.165) is 0 Å².